The van der Waals surface area contributed by atoms with Crippen LogP contribution in [0, 0.1) is 0 Å². The van der Waals surface area contributed by atoms with E-state index in [1.54, 1.807) is 0 Å². The van der Waals surface area contributed by atoms with Crippen molar-refractivity contribution in [2.75, 3.05) is 0 Å². The van der Waals surface area contributed by atoms with Crippen LogP contribution in [0.1, 0.15) is 51.2 Å². The normalized spacial score (nSPS) is 14.3. The molecule has 0 heteroatoms. The Bertz CT molecular complexity index is 799. The standard InChI is InChI=1S/C25H28/c1-4-25(3,5-2)24-18-17-22(20-13-11-8-12-14-20)19-23(24)21-15-9-6-7-10-16-21/h6,8-19H,4-5,7H2,1-3H3. The average Bonchev–Trinajstić information content (AvgIpc) is 2.97. The third-order valence-corrected chi connectivity index (χ3v) is 5.63. The molecule has 2 aromatic carbocycles. The van der Waals surface area contributed by atoms with Gasteiger partial charge in [0.25, 0.3) is 0 Å². The molecule has 0 amide bonds. The van der Waals surface area contributed by atoms with Crippen molar-refractivity contribution in [1.82, 2.24) is 0 Å². The molecule has 0 spiro atoms. The lowest BCUT2D eigenvalue weighted by molar-refractivity contribution is 0.438. The number of allylic oxidation sites excluding steroid dienone is 6. The summed E-state index contributed by atoms with van der Waals surface area (Å²) in [6, 6.07) is 17.7. The summed E-state index contributed by atoms with van der Waals surface area (Å²) < 4.78 is 0. The fourth-order valence-electron chi connectivity index (χ4n) is 3.51. The first kappa shape index (κ1) is 17.5. The molecule has 0 aromatic heterocycles. The van der Waals surface area contributed by atoms with Crippen molar-refractivity contribution in [2.24, 2.45) is 0 Å². The minimum atomic E-state index is 0.204. The molecule has 128 valence electrons. The fraction of sp³-hybridized carbons (Fsp3) is 0.280. The van der Waals surface area contributed by atoms with Crippen LogP contribution in [-0.2, 0) is 5.41 Å². The Morgan fingerprint density at radius 2 is 1.64 bits per heavy atom. The Morgan fingerprint density at radius 3 is 2.36 bits per heavy atom. The minimum Gasteiger partial charge on any atom is -0.0807 e. The van der Waals surface area contributed by atoms with Crippen molar-refractivity contribution >= 4 is 5.57 Å². The third-order valence-electron chi connectivity index (χ3n) is 5.63. The minimum absolute atomic E-state index is 0.204. The Morgan fingerprint density at radius 1 is 0.880 bits per heavy atom. The van der Waals surface area contributed by atoms with Crippen LogP contribution < -0.4 is 0 Å². The van der Waals surface area contributed by atoms with Gasteiger partial charge in [0.15, 0.2) is 0 Å². The highest BCUT2D eigenvalue weighted by Gasteiger charge is 2.26. The summed E-state index contributed by atoms with van der Waals surface area (Å²) in [4.78, 5) is 0. The lowest BCUT2D eigenvalue weighted by Gasteiger charge is -2.30. The van der Waals surface area contributed by atoms with Crippen molar-refractivity contribution in [2.45, 2.75) is 45.4 Å². The molecule has 0 saturated heterocycles. The van der Waals surface area contributed by atoms with Crippen LogP contribution in [0.3, 0.4) is 0 Å². The van der Waals surface area contributed by atoms with Gasteiger partial charge >= 0.3 is 0 Å². The summed E-state index contributed by atoms with van der Waals surface area (Å²) >= 11 is 0. The van der Waals surface area contributed by atoms with Crippen LogP contribution in [0.5, 0.6) is 0 Å². The van der Waals surface area contributed by atoms with E-state index < -0.39 is 0 Å². The van der Waals surface area contributed by atoms with Gasteiger partial charge in [-0.25, -0.2) is 0 Å². The van der Waals surface area contributed by atoms with Gasteiger partial charge in [-0.2, -0.15) is 0 Å². The highest BCUT2D eigenvalue weighted by molar-refractivity contribution is 5.81. The molecule has 0 bridgehead atoms. The molecule has 1 aliphatic rings. The maximum absolute atomic E-state index is 2.39. The molecule has 0 radical (unpaired) electrons. The second kappa shape index (κ2) is 7.70. The van der Waals surface area contributed by atoms with Crippen LogP contribution in [0.15, 0.2) is 78.9 Å². The van der Waals surface area contributed by atoms with Crippen molar-refractivity contribution in [1.29, 1.82) is 0 Å². The molecule has 0 heterocycles. The number of hydrogen-bond acceptors (Lipinski definition) is 0. The molecule has 0 unspecified atom stereocenters. The summed E-state index contributed by atoms with van der Waals surface area (Å²) in [7, 11) is 0. The SMILES string of the molecule is CCC(C)(CC)c1ccc(-c2ccccc2)cc1C1=CC=CCC=C1. The summed E-state index contributed by atoms with van der Waals surface area (Å²) in [5.41, 5.74) is 6.92. The predicted molar refractivity (Wildman–Crippen MR) is 111 cm³/mol. The number of rotatable bonds is 5. The topological polar surface area (TPSA) is 0 Å². The molecule has 0 N–H and O–H groups in total. The number of hydrogen-bond donors (Lipinski definition) is 0. The maximum atomic E-state index is 2.39. The van der Waals surface area contributed by atoms with Crippen LogP contribution in [0.2, 0.25) is 0 Å². The van der Waals surface area contributed by atoms with Crippen LogP contribution in [-0.4, -0.2) is 0 Å². The van der Waals surface area contributed by atoms with E-state index in [0.717, 1.165) is 19.3 Å². The summed E-state index contributed by atoms with van der Waals surface area (Å²) in [5.74, 6) is 0. The highest BCUT2D eigenvalue weighted by Crippen LogP contribution is 2.38. The van der Waals surface area contributed by atoms with E-state index in [2.05, 4.69) is 99.7 Å². The van der Waals surface area contributed by atoms with Crippen LogP contribution in [0.4, 0.5) is 0 Å². The zero-order valence-corrected chi connectivity index (χ0v) is 15.6. The molecule has 0 nitrogen and oxygen atoms in total. The van der Waals surface area contributed by atoms with Gasteiger partial charge in [-0.15, -0.1) is 0 Å². The summed E-state index contributed by atoms with van der Waals surface area (Å²) in [5, 5.41) is 0. The molecule has 3 rings (SSSR count). The van der Waals surface area contributed by atoms with Gasteiger partial charge in [-0.1, -0.05) is 93.6 Å². The Balaban J connectivity index is 2.19. The molecule has 0 aliphatic heterocycles. The molecule has 0 saturated carbocycles. The quantitative estimate of drug-likeness (QED) is 0.539. The molecular formula is C25H28. The van der Waals surface area contributed by atoms with E-state index >= 15 is 0 Å². The molecule has 1 aliphatic carbocycles. The van der Waals surface area contributed by atoms with E-state index in [1.165, 1.54) is 27.8 Å². The molecular weight excluding hydrogens is 300 g/mol. The zero-order chi connectivity index (χ0) is 17.7. The van der Waals surface area contributed by atoms with Crippen molar-refractivity contribution in [3.05, 3.63) is 90.0 Å². The van der Waals surface area contributed by atoms with Gasteiger partial charge < -0.3 is 0 Å². The van der Waals surface area contributed by atoms with E-state index in [4.69, 9.17) is 0 Å². The lowest BCUT2D eigenvalue weighted by atomic mass is 9.74. The van der Waals surface area contributed by atoms with Crippen molar-refractivity contribution < 1.29 is 0 Å². The summed E-state index contributed by atoms with van der Waals surface area (Å²) in [6.07, 6.45) is 14.5. The molecule has 2 aromatic rings. The molecule has 0 atom stereocenters. The van der Waals surface area contributed by atoms with Gasteiger partial charge in [-0.05, 0) is 58.6 Å². The monoisotopic (exact) mass is 328 g/mol. The van der Waals surface area contributed by atoms with Gasteiger partial charge in [0.2, 0.25) is 0 Å². The second-order valence-electron chi connectivity index (χ2n) is 7.08. The van der Waals surface area contributed by atoms with Crippen LogP contribution >= 0.6 is 0 Å². The maximum Gasteiger partial charge on any atom is -0.00743 e. The highest BCUT2D eigenvalue weighted by atomic mass is 14.3. The Labute approximate surface area is 152 Å². The lowest BCUT2D eigenvalue weighted by Crippen LogP contribution is -2.21. The largest absolute Gasteiger partial charge is 0.0807 e. The van der Waals surface area contributed by atoms with Gasteiger partial charge in [0, 0.05) is 0 Å². The average molecular weight is 328 g/mol. The van der Waals surface area contributed by atoms with Gasteiger partial charge in [0.05, 0.1) is 0 Å². The predicted octanol–water partition coefficient (Wildman–Crippen LogP) is 7.33. The van der Waals surface area contributed by atoms with E-state index in [-0.39, 0.29) is 5.41 Å². The second-order valence-corrected chi connectivity index (χ2v) is 7.08. The molecule has 0 fully saturated rings. The summed E-state index contributed by atoms with van der Waals surface area (Å²) in [6.45, 7) is 7.00. The Kier molecular flexibility index (Phi) is 5.38. The van der Waals surface area contributed by atoms with Crippen molar-refractivity contribution in [3.63, 3.8) is 0 Å². The molecule has 25 heavy (non-hydrogen) atoms. The van der Waals surface area contributed by atoms with Crippen LogP contribution in [0.25, 0.3) is 16.7 Å². The van der Waals surface area contributed by atoms with E-state index in [9.17, 15) is 0 Å². The van der Waals surface area contributed by atoms with Gasteiger partial charge in [-0.3, -0.25) is 0 Å². The van der Waals surface area contributed by atoms with Crippen molar-refractivity contribution in [3.8, 4) is 11.1 Å². The van der Waals surface area contributed by atoms with Gasteiger partial charge in [0.1, 0.15) is 0 Å². The Hall–Kier alpha value is -2.34. The zero-order valence-electron chi connectivity index (χ0n) is 15.6. The fourth-order valence-corrected chi connectivity index (χ4v) is 3.51. The first-order valence-corrected chi connectivity index (χ1v) is 9.41. The number of benzene rings is 2. The van der Waals surface area contributed by atoms with E-state index in [1.807, 2.05) is 0 Å². The third kappa shape index (κ3) is 3.69. The first-order chi connectivity index (χ1) is 12.2. The first-order valence-electron chi connectivity index (χ1n) is 9.41. The smallest absolute Gasteiger partial charge is 0.00743 e. The van der Waals surface area contributed by atoms with E-state index in [0.29, 0.717) is 0 Å².